The number of aryl methyl sites for hydroxylation is 1. The van der Waals surface area contributed by atoms with Crippen LogP contribution in [0, 0.1) is 0 Å². The molecule has 447 valence electrons. The third-order valence-corrected chi connectivity index (χ3v) is 19.6. The number of nitrogens with two attached hydrogens (primary N) is 2. The van der Waals surface area contributed by atoms with E-state index < -0.39 is 82.6 Å². The Morgan fingerprint density at radius 3 is 2.06 bits per heavy atom. The number of para-hydroxylation sites is 1. The number of rotatable bonds is 15. The number of halogens is 2. The molecule has 4 aliphatic rings. The van der Waals surface area contributed by atoms with Crippen LogP contribution in [0.1, 0.15) is 62.6 Å². The van der Waals surface area contributed by atoms with E-state index >= 15 is 13.3 Å². The molecule has 3 fully saturated rings. The van der Waals surface area contributed by atoms with Gasteiger partial charge in [0.2, 0.25) is 17.7 Å². The van der Waals surface area contributed by atoms with Gasteiger partial charge in [-0.3, -0.25) is 32.6 Å². The summed E-state index contributed by atoms with van der Waals surface area (Å²) in [5.74, 6) is -0.853. The van der Waals surface area contributed by atoms with Crippen molar-refractivity contribution in [2.24, 2.45) is 0 Å². The van der Waals surface area contributed by atoms with Crippen LogP contribution in [0.15, 0.2) is 98.1 Å². The van der Waals surface area contributed by atoms with Gasteiger partial charge in [-0.15, -0.1) is 5.10 Å². The molecule has 0 aliphatic carbocycles. The summed E-state index contributed by atoms with van der Waals surface area (Å²) in [4.78, 5) is 65.6. The lowest BCUT2D eigenvalue weighted by molar-refractivity contribution is -0.124. The van der Waals surface area contributed by atoms with Gasteiger partial charge >= 0.3 is 6.80 Å². The number of unbranched alkanes of at least 4 members (excludes halogenated alkanes) is 2. The number of carbonyl (C=O) groups excluding carboxylic acids is 3. The van der Waals surface area contributed by atoms with E-state index in [1.54, 1.807) is 24.3 Å². The highest BCUT2D eigenvalue weighted by Crippen LogP contribution is 2.65. The number of alkyl halides is 2. The first kappa shape index (κ1) is 58.8. The van der Waals surface area contributed by atoms with Crippen LogP contribution in [0.4, 0.5) is 31.8 Å². The Labute approximate surface area is 493 Å². The highest BCUT2D eigenvalue weighted by molar-refractivity contribution is 8.54. The largest absolute Gasteiger partial charge is 0.444 e. The van der Waals surface area contributed by atoms with Crippen LogP contribution in [-0.2, 0) is 69.9 Å². The van der Waals surface area contributed by atoms with Crippen LogP contribution < -0.4 is 27.0 Å². The molecule has 5 aromatic heterocycles. The fourth-order valence-electron chi connectivity index (χ4n) is 10.7. The third-order valence-electron chi connectivity index (χ3n) is 14.9. The molecule has 33 heteroatoms. The van der Waals surface area contributed by atoms with Gasteiger partial charge in [0.1, 0.15) is 53.8 Å². The molecule has 3 aromatic carbocycles. The molecular formula is C53H55BF2N16O11P2S-. The first-order chi connectivity index (χ1) is 41.5. The van der Waals surface area contributed by atoms with Crippen LogP contribution in [-0.4, -0.2) is 136 Å². The number of ether oxygens (including phenoxy) is 2. The Bertz CT molecular complexity index is 3960. The van der Waals surface area contributed by atoms with Crippen molar-refractivity contribution >= 4 is 96.3 Å². The van der Waals surface area contributed by atoms with Crippen LogP contribution in [0.2, 0.25) is 0 Å². The molecule has 0 saturated carbocycles. The number of hydrogen-bond acceptors (Lipinski definition) is 22. The SMILES string of the molecule is [B-][P@]1(=O)OC[C@H]2O[C@@H](n3cnc4c(N)ncnc43)[C@H](F)[C@@H]2O[P@@](=O)(SCc2ccc(NC(=O)CNC(=O)CCCCCn3nnc4c3-c3ccccc3N(C(=O)CC)Cc3ccccc3-4)cc2)OC[C@H]2O[C@@H](n3cnc4c(N)ncnc43)[C@H](F)[C@@H]2O1. The summed E-state index contributed by atoms with van der Waals surface area (Å²) in [5, 5.41) is 14.6. The van der Waals surface area contributed by atoms with Gasteiger partial charge in [0.15, 0.2) is 47.7 Å². The minimum absolute atomic E-state index is 0.00347. The second-order valence-corrected chi connectivity index (χ2v) is 26.1. The molecule has 9 heterocycles. The minimum atomic E-state index is -4.73. The Kier molecular flexibility index (Phi) is 16.8. The number of fused-ring (bicyclic) bond motifs is 9. The number of nitrogens with zero attached hydrogens (tertiary/aromatic N) is 12. The second-order valence-electron chi connectivity index (χ2n) is 20.5. The molecule has 0 bridgehead atoms. The second kappa shape index (κ2) is 24.6. The standard InChI is InChI=1S/C53H55BF2N16O11P2S/c1-2-39(75)69-21-30-10-5-6-11-32(30)42-45(33-12-7-8-13-34(33)69)72(68-67-42)19-9-3-4-14-37(73)59-20-38(74)66-31-17-15-29(16-18-31)24-86-85(77)79-23-36-46(40(55)52(81-36)70-27-64-43-48(57)60-25-62-50(43)70)82-84(54,76)78-22-35-47(83-85)41(56)53(80-35)71-28-65-44-49(58)61-26-63-51(44)71/h5-8,10-13,15-18,25-28,35-36,40-41,46-47,52-53H,2-4,9,14,19-24H2,1H3,(H,59,73)(H,66,74)(H2,57,60,62)(H2,58,61,63)/q-1/t35-,36-,40-,41-,46-,47-,52-,53-,84+,85+/m1/s1. The van der Waals surface area contributed by atoms with Crippen molar-refractivity contribution in [2.75, 3.05) is 41.4 Å². The molecule has 3 saturated heterocycles. The maximum atomic E-state index is 17.0. The molecule has 27 nitrogen and oxygen atoms in total. The summed E-state index contributed by atoms with van der Waals surface area (Å²) in [7, 11) is 1.32. The zero-order valence-electron chi connectivity index (χ0n) is 45.8. The number of benzene rings is 3. The van der Waals surface area contributed by atoms with Crippen LogP contribution in [0.5, 0.6) is 0 Å². The number of imidazole rings is 2. The predicted octanol–water partition coefficient (Wildman–Crippen LogP) is 6.93. The van der Waals surface area contributed by atoms with E-state index in [0.717, 1.165) is 46.4 Å². The lowest BCUT2D eigenvalue weighted by atomic mass is 9.95. The van der Waals surface area contributed by atoms with Crippen molar-refractivity contribution in [3.8, 4) is 22.5 Å². The topological polar surface area (TPSA) is 338 Å². The summed E-state index contributed by atoms with van der Waals surface area (Å²) < 4.78 is 102. The monoisotopic (exact) mass is 1230 g/mol. The van der Waals surface area contributed by atoms with Crippen LogP contribution in [0.25, 0.3) is 44.8 Å². The van der Waals surface area contributed by atoms with Crippen molar-refractivity contribution in [2.45, 2.75) is 107 Å². The number of hydrogen-bond donors (Lipinski definition) is 4. The van der Waals surface area contributed by atoms with Crippen molar-refractivity contribution in [1.82, 2.24) is 59.3 Å². The highest BCUT2D eigenvalue weighted by Gasteiger charge is 2.54. The summed E-state index contributed by atoms with van der Waals surface area (Å²) >= 11 is 0.660. The Balaban J connectivity index is 0.675. The lowest BCUT2D eigenvalue weighted by Gasteiger charge is -2.35. The van der Waals surface area contributed by atoms with Gasteiger partial charge in [-0.2, -0.15) is 0 Å². The zero-order chi connectivity index (χ0) is 59.9. The van der Waals surface area contributed by atoms with Gasteiger partial charge in [-0.1, -0.05) is 73.2 Å². The fourth-order valence-corrected chi connectivity index (χ4v) is 15.1. The Hall–Kier alpha value is -7.60. The van der Waals surface area contributed by atoms with Crippen molar-refractivity contribution in [3.05, 3.63) is 109 Å². The van der Waals surface area contributed by atoms with E-state index in [1.807, 2.05) is 65.0 Å². The number of nitrogens with one attached hydrogen (secondary N) is 2. The summed E-state index contributed by atoms with van der Waals surface area (Å²) in [6.45, 7) is -3.64. The average molecular weight is 1230 g/mol. The molecule has 10 atom stereocenters. The quantitative estimate of drug-likeness (QED) is 0.0459. The van der Waals surface area contributed by atoms with Crippen molar-refractivity contribution < 1.29 is 59.9 Å². The molecule has 3 amide bonds. The normalized spacial score (nSPS) is 25.6. The molecule has 86 heavy (non-hydrogen) atoms. The van der Waals surface area contributed by atoms with Crippen LogP contribution in [0.3, 0.4) is 0 Å². The average Bonchev–Trinajstić information content (AvgIpc) is 1.92. The molecule has 8 aromatic rings. The third kappa shape index (κ3) is 12.0. The molecule has 0 unspecified atom stereocenters. The van der Waals surface area contributed by atoms with Gasteiger partial charge in [0, 0.05) is 42.0 Å². The number of nitrogen functional groups attached to an aromatic ring is 2. The number of anilines is 4. The fraction of sp³-hybridized carbons (Fsp3) is 0.377. The van der Waals surface area contributed by atoms with E-state index in [0.29, 0.717) is 61.4 Å². The molecule has 0 spiro atoms. The smallest absolute Gasteiger partial charge is 0.389 e. The summed E-state index contributed by atoms with van der Waals surface area (Å²) in [6, 6.07) is 22.1. The van der Waals surface area contributed by atoms with E-state index in [2.05, 4.69) is 50.8 Å². The van der Waals surface area contributed by atoms with Gasteiger partial charge in [0.05, 0.1) is 57.8 Å². The predicted molar refractivity (Wildman–Crippen MR) is 310 cm³/mol. The first-order valence-corrected chi connectivity index (χ1v) is 32.1. The molecule has 12 rings (SSSR count). The van der Waals surface area contributed by atoms with Crippen molar-refractivity contribution in [1.29, 1.82) is 0 Å². The maximum Gasteiger partial charge on any atom is 0.389 e. The van der Waals surface area contributed by atoms with E-state index in [-0.39, 0.29) is 64.5 Å². The van der Waals surface area contributed by atoms with Gasteiger partial charge < -0.3 is 57.7 Å². The Morgan fingerprint density at radius 2 is 1.38 bits per heavy atom. The van der Waals surface area contributed by atoms with E-state index in [9.17, 15) is 18.9 Å². The van der Waals surface area contributed by atoms with Crippen molar-refractivity contribution in [3.63, 3.8) is 0 Å². The molecule has 4 aliphatic heterocycles. The molecular weight excluding hydrogens is 1180 g/mol. The lowest BCUT2D eigenvalue weighted by Crippen LogP contribution is -2.37. The first-order valence-electron chi connectivity index (χ1n) is 27.4. The van der Waals surface area contributed by atoms with Gasteiger partial charge in [-0.05, 0) is 53.5 Å². The van der Waals surface area contributed by atoms with E-state index in [4.69, 9.17) is 46.6 Å². The van der Waals surface area contributed by atoms with E-state index in [1.165, 1.54) is 21.8 Å². The maximum absolute atomic E-state index is 17.0. The summed E-state index contributed by atoms with van der Waals surface area (Å²) in [5.41, 5.74) is 18.4. The number of aromatic nitrogens is 11. The molecule has 6 N–H and O–H groups in total. The number of amides is 3. The Morgan fingerprint density at radius 1 is 0.756 bits per heavy atom. The van der Waals surface area contributed by atoms with Gasteiger partial charge in [0.25, 0.3) is 0 Å². The number of carbonyl (C=O) groups is 3. The van der Waals surface area contributed by atoms with Gasteiger partial charge in [-0.25, -0.2) is 47.9 Å². The highest BCUT2D eigenvalue weighted by atomic mass is 32.7. The molecule has 3 radical (unpaired) electrons. The summed E-state index contributed by atoms with van der Waals surface area (Å²) in [6.07, 6.45) is -6.73. The minimum Gasteiger partial charge on any atom is -0.444 e. The zero-order valence-corrected chi connectivity index (χ0v) is 48.4. The van der Waals surface area contributed by atoms with Crippen LogP contribution >= 0.6 is 25.7 Å².